The Labute approximate surface area is 121 Å². The van der Waals surface area contributed by atoms with E-state index >= 15 is 0 Å². The molecule has 0 aromatic carbocycles. The first-order chi connectivity index (χ1) is 9.58. The summed E-state index contributed by atoms with van der Waals surface area (Å²) in [6.45, 7) is 4.62. The topological polar surface area (TPSA) is 78.4 Å². The van der Waals surface area contributed by atoms with Crippen LogP contribution in [0, 0.1) is 11.8 Å². The summed E-state index contributed by atoms with van der Waals surface area (Å²) in [7, 11) is 0. The predicted molar refractivity (Wildman–Crippen MR) is 78.6 cm³/mol. The molecule has 3 atom stereocenters. The fourth-order valence-electron chi connectivity index (χ4n) is 2.96. The zero-order valence-corrected chi connectivity index (χ0v) is 12.7. The van der Waals surface area contributed by atoms with Gasteiger partial charge in [0.05, 0.1) is 5.92 Å². The van der Waals surface area contributed by atoms with Crippen molar-refractivity contribution in [2.75, 3.05) is 6.54 Å². The van der Waals surface area contributed by atoms with Crippen molar-refractivity contribution in [2.24, 2.45) is 11.8 Å². The van der Waals surface area contributed by atoms with Gasteiger partial charge in [0.25, 0.3) is 0 Å². The van der Waals surface area contributed by atoms with Gasteiger partial charge in [0.15, 0.2) is 0 Å². The first kappa shape index (κ1) is 16.8. The number of hydrogen-bond acceptors (Lipinski definition) is 2. The first-order valence-electron chi connectivity index (χ1n) is 7.85. The number of aliphatic carboxylic acids is 1. The molecular weight excluding hydrogens is 256 g/mol. The van der Waals surface area contributed by atoms with Crippen LogP contribution in [0.2, 0.25) is 0 Å². The fraction of sp³-hybridized carbons (Fsp3) is 0.867. The second-order valence-electron chi connectivity index (χ2n) is 5.74. The minimum absolute atomic E-state index is 0.0678. The Hall–Kier alpha value is -1.26. The Morgan fingerprint density at radius 1 is 1.25 bits per heavy atom. The van der Waals surface area contributed by atoms with E-state index in [1.807, 2.05) is 0 Å². The molecule has 0 spiro atoms. The minimum atomic E-state index is -0.727. The summed E-state index contributed by atoms with van der Waals surface area (Å²) in [5.41, 5.74) is 0. The molecule has 0 radical (unpaired) electrons. The van der Waals surface area contributed by atoms with Gasteiger partial charge in [0.1, 0.15) is 0 Å². The van der Waals surface area contributed by atoms with Crippen molar-refractivity contribution in [3.8, 4) is 0 Å². The van der Waals surface area contributed by atoms with Crippen molar-refractivity contribution >= 4 is 12.0 Å². The van der Waals surface area contributed by atoms with Gasteiger partial charge in [0.2, 0.25) is 0 Å². The third-order valence-corrected chi connectivity index (χ3v) is 4.22. The van der Waals surface area contributed by atoms with Crippen molar-refractivity contribution in [2.45, 2.75) is 64.8 Å². The molecule has 0 bridgehead atoms. The number of rotatable bonds is 7. The summed E-state index contributed by atoms with van der Waals surface area (Å²) in [6, 6.07) is 0.0432. The van der Waals surface area contributed by atoms with Crippen LogP contribution >= 0.6 is 0 Å². The van der Waals surface area contributed by atoms with Gasteiger partial charge in [-0.2, -0.15) is 0 Å². The summed E-state index contributed by atoms with van der Waals surface area (Å²) in [4.78, 5) is 23.0. The number of carbonyl (C=O) groups is 2. The van der Waals surface area contributed by atoms with Crippen LogP contribution in [-0.2, 0) is 4.79 Å². The molecule has 1 rings (SSSR count). The van der Waals surface area contributed by atoms with Gasteiger partial charge < -0.3 is 15.7 Å². The molecule has 2 amide bonds. The molecule has 1 fully saturated rings. The Morgan fingerprint density at radius 2 is 1.95 bits per heavy atom. The fourth-order valence-corrected chi connectivity index (χ4v) is 2.96. The van der Waals surface area contributed by atoms with Gasteiger partial charge in [-0.05, 0) is 31.6 Å². The zero-order chi connectivity index (χ0) is 15.0. The molecular formula is C15H28N2O3. The third kappa shape index (κ3) is 5.39. The highest BCUT2D eigenvalue weighted by atomic mass is 16.4. The normalized spacial score (nSPS) is 23.9. The van der Waals surface area contributed by atoms with E-state index in [1.165, 1.54) is 0 Å². The van der Waals surface area contributed by atoms with Crippen LogP contribution in [0.1, 0.15) is 58.8 Å². The Bertz CT molecular complexity index is 320. The summed E-state index contributed by atoms with van der Waals surface area (Å²) in [6.07, 6.45) is 6.61. The highest BCUT2D eigenvalue weighted by molar-refractivity contribution is 5.74. The van der Waals surface area contributed by atoms with Gasteiger partial charge in [-0.3, -0.25) is 4.79 Å². The highest BCUT2D eigenvalue weighted by Gasteiger charge is 2.30. The quantitative estimate of drug-likeness (QED) is 0.672. The molecule has 5 heteroatoms. The van der Waals surface area contributed by atoms with Crippen LogP contribution in [0.5, 0.6) is 0 Å². The van der Waals surface area contributed by atoms with Gasteiger partial charge >= 0.3 is 12.0 Å². The first-order valence-corrected chi connectivity index (χ1v) is 7.85. The van der Waals surface area contributed by atoms with Crippen LogP contribution in [0.4, 0.5) is 4.79 Å². The average molecular weight is 284 g/mol. The lowest BCUT2D eigenvalue weighted by Gasteiger charge is -2.28. The van der Waals surface area contributed by atoms with Crippen molar-refractivity contribution in [3.05, 3.63) is 0 Å². The van der Waals surface area contributed by atoms with E-state index in [2.05, 4.69) is 24.5 Å². The molecule has 0 saturated heterocycles. The van der Waals surface area contributed by atoms with E-state index in [-0.39, 0.29) is 23.9 Å². The molecule has 1 aliphatic rings. The molecule has 0 aliphatic heterocycles. The Kier molecular flexibility index (Phi) is 7.41. The van der Waals surface area contributed by atoms with Crippen LogP contribution in [0.15, 0.2) is 0 Å². The monoisotopic (exact) mass is 284 g/mol. The van der Waals surface area contributed by atoms with Crippen molar-refractivity contribution in [3.63, 3.8) is 0 Å². The van der Waals surface area contributed by atoms with Gasteiger partial charge in [-0.25, -0.2) is 4.79 Å². The summed E-state index contributed by atoms with van der Waals surface area (Å²) >= 11 is 0. The summed E-state index contributed by atoms with van der Waals surface area (Å²) in [5, 5.41) is 15.0. The van der Waals surface area contributed by atoms with E-state index < -0.39 is 5.97 Å². The van der Waals surface area contributed by atoms with Gasteiger partial charge in [0, 0.05) is 12.6 Å². The number of amides is 2. The molecule has 3 N–H and O–H groups in total. The van der Waals surface area contributed by atoms with Gasteiger partial charge in [-0.1, -0.05) is 33.1 Å². The predicted octanol–water partition coefficient (Wildman–Crippen LogP) is 2.76. The third-order valence-electron chi connectivity index (χ3n) is 4.22. The number of hydrogen-bond donors (Lipinski definition) is 3. The lowest BCUT2D eigenvalue weighted by Crippen LogP contribution is -2.45. The number of carboxylic acids is 1. The maximum Gasteiger partial charge on any atom is 0.315 e. The highest BCUT2D eigenvalue weighted by Crippen LogP contribution is 2.29. The van der Waals surface area contributed by atoms with Crippen LogP contribution in [-0.4, -0.2) is 29.7 Å². The number of urea groups is 1. The van der Waals surface area contributed by atoms with Crippen LogP contribution in [0.3, 0.4) is 0 Å². The number of carboxylic acid groups (broad SMARTS) is 1. The van der Waals surface area contributed by atoms with Crippen LogP contribution < -0.4 is 10.6 Å². The zero-order valence-electron chi connectivity index (χ0n) is 12.7. The lowest BCUT2D eigenvalue weighted by atomic mass is 9.79. The molecule has 116 valence electrons. The largest absolute Gasteiger partial charge is 0.481 e. The number of nitrogens with one attached hydrogen (secondary N) is 2. The standard InChI is InChI=1S/C15H28N2O3/c1-3-7-12(4-2)17-15(20)16-10-11-8-5-6-9-13(11)14(18)19/h11-13H,3-10H2,1-2H3,(H,18,19)(H2,16,17,20). The molecule has 1 aliphatic carbocycles. The molecule has 0 aromatic rings. The SMILES string of the molecule is CCCC(CC)NC(=O)NCC1CCCCC1C(=O)O. The Morgan fingerprint density at radius 3 is 2.55 bits per heavy atom. The molecule has 1 saturated carbocycles. The molecule has 0 aromatic heterocycles. The molecule has 20 heavy (non-hydrogen) atoms. The maximum atomic E-state index is 11.8. The summed E-state index contributed by atoms with van der Waals surface area (Å²) < 4.78 is 0. The summed E-state index contributed by atoms with van der Waals surface area (Å²) in [5.74, 6) is -0.964. The maximum absolute atomic E-state index is 11.8. The van der Waals surface area contributed by atoms with E-state index in [4.69, 9.17) is 0 Å². The van der Waals surface area contributed by atoms with Gasteiger partial charge in [-0.15, -0.1) is 0 Å². The van der Waals surface area contributed by atoms with E-state index in [0.717, 1.165) is 44.9 Å². The average Bonchev–Trinajstić information content (AvgIpc) is 2.44. The second-order valence-corrected chi connectivity index (χ2v) is 5.74. The second kappa shape index (κ2) is 8.82. The van der Waals surface area contributed by atoms with Crippen molar-refractivity contribution < 1.29 is 14.7 Å². The molecule has 5 nitrogen and oxygen atoms in total. The molecule has 0 heterocycles. The van der Waals surface area contributed by atoms with E-state index in [9.17, 15) is 14.7 Å². The van der Waals surface area contributed by atoms with E-state index in [0.29, 0.717) is 6.54 Å². The van der Waals surface area contributed by atoms with Crippen molar-refractivity contribution in [1.82, 2.24) is 10.6 Å². The number of carbonyl (C=O) groups excluding carboxylic acids is 1. The lowest BCUT2D eigenvalue weighted by molar-refractivity contribution is -0.144. The van der Waals surface area contributed by atoms with E-state index in [1.54, 1.807) is 0 Å². The molecule has 3 unspecified atom stereocenters. The minimum Gasteiger partial charge on any atom is -0.481 e. The Balaban J connectivity index is 2.36. The smallest absolute Gasteiger partial charge is 0.315 e. The van der Waals surface area contributed by atoms with Crippen molar-refractivity contribution in [1.29, 1.82) is 0 Å². The van der Waals surface area contributed by atoms with Crippen LogP contribution in [0.25, 0.3) is 0 Å².